The van der Waals surface area contributed by atoms with Crippen molar-refractivity contribution in [3.05, 3.63) is 38.4 Å². The van der Waals surface area contributed by atoms with Crippen LogP contribution in [0.25, 0.3) is 0 Å². The summed E-state index contributed by atoms with van der Waals surface area (Å²) in [7, 11) is 0. The van der Waals surface area contributed by atoms with Gasteiger partial charge < -0.3 is 4.90 Å². The van der Waals surface area contributed by atoms with Gasteiger partial charge in [-0.2, -0.15) is 13.2 Å². The summed E-state index contributed by atoms with van der Waals surface area (Å²) in [6.07, 6.45) is 0.633. The molecule has 0 bridgehead atoms. The maximum atomic E-state index is 13.1. The number of rotatable bonds is 6. The van der Waals surface area contributed by atoms with Crippen molar-refractivity contribution in [3.63, 3.8) is 0 Å². The number of carbonyl (C=O) groups excluding carboxylic acids is 2. The van der Waals surface area contributed by atoms with Gasteiger partial charge in [-0.25, -0.2) is 0 Å². The first-order chi connectivity index (χ1) is 15.1. The van der Waals surface area contributed by atoms with Crippen molar-refractivity contribution >= 4 is 29.0 Å². The lowest BCUT2D eigenvalue weighted by atomic mass is 9.89. The third kappa shape index (κ3) is 5.98. The van der Waals surface area contributed by atoms with E-state index in [4.69, 9.17) is 11.6 Å². The molecule has 0 N–H and O–H groups in total. The molecule has 0 unspecified atom stereocenters. The van der Waals surface area contributed by atoms with E-state index in [0.29, 0.717) is 38.2 Å². The van der Waals surface area contributed by atoms with E-state index in [0.717, 1.165) is 6.54 Å². The van der Waals surface area contributed by atoms with Gasteiger partial charge in [-0.3, -0.25) is 24.6 Å². The Balaban J connectivity index is 1.63. The van der Waals surface area contributed by atoms with Crippen molar-refractivity contribution in [1.29, 1.82) is 0 Å². The Kier molecular flexibility index (Phi) is 7.76. The molecule has 7 nitrogen and oxygen atoms in total. The van der Waals surface area contributed by atoms with Crippen molar-refractivity contribution in [3.8, 4) is 0 Å². The monoisotopic (exact) mass is 475 g/mol. The molecule has 3 rings (SSSR count). The normalized spacial score (nSPS) is 18.6. The highest BCUT2D eigenvalue weighted by Gasteiger charge is 2.36. The zero-order chi connectivity index (χ0) is 23.5. The SMILES string of the molecule is O=C(CC(=O)N1CCN(CC2CCCCC2)CC1)c1cc(C(F)(F)F)cc([N+](=O)[O-])c1Cl. The van der Waals surface area contributed by atoms with Gasteiger partial charge in [-0.05, 0) is 24.8 Å². The number of benzene rings is 1. The molecule has 0 radical (unpaired) electrons. The summed E-state index contributed by atoms with van der Waals surface area (Å²) in [5.41, 5.74) is -3.05. The molecular weight excluding hydrogens is 451 g/mol. The summed E-state index contributed by atoms with van der Waals surface area (Å²) in [6.45, 7) is 3.19. The van der Waals surface area contributed by atoms with Crippen molar-refractivity contribution < 1.29 is 27.7 Å². The summed E-state index contributed by atoms with van der Waals surface area (Å²) in [4.78, 5) is 39.0. The molecule has 176 valence electrons. The molecule has 1 aliphatic heterocycles. The van der Waals surface area contributed by atoms with Crippen LogP contribution in [0.2, 0.25) is 5.02 Å². The minimum Gasteiger partial charge on any atom is -0.340 e. The number of hydrogen-bond donors (Lipinski definition) is 0. The van der Waals surface area contributed by atoms with Gasteiger partial charge in [0.15, 0.2) is 5.78 Å². The molecule has 1 aliphatic carbocycles. The Morgan fingerprint density at radius 3 is 2.28 bits per heavy atom. The first kappa shape index (κ1) is 24.4. The zero-order valence-corrected chi connectivity index (χ0v) is 18.3. The number of ketones is 1. The molecule has 0 atom stereocenters. The highest BCUT2D eigenvalue weighted by atomic mass is 35.5. The summed E-state index contributed by atoms with van der Waals surface area (Å²) >= 11 is 5.84. The lowest BCUT2D eigenvalue weighted by Gasteiger charge is -2.37. The number of halogens is 4. The van der Waals surface area contributed by atoms with E-state index in [2.05, 4.69) is 4.90 Å². The van der Waals surface area contributed by atoms with Crippen LogP contribution in [0, 0.1) is 16.0 Å². The van der Waals surface area contributed by atoms with Crippen LogP contribution in [0.5, 0.6) is 0 Å². The van der Waals surface area contributed by atoms with Crippen LogP contribution in [-0.4, -0.2) is 59.1 Å². The molecule has 0 spiro atoms. The van der Waals surface area contributed by atoms with E-state index in [1.807, 2.05) is 0 Å². The lowest BCUT2D eigenvalue weighted by molar-refractivity contribution is -0.385. The Labute approximate surface area is 188 Å². The summed E-state index contributed by atoms with van der Waals surface area (Å²) in [5.74, 6) is -0.825. The molecule has 0 aromatic heterocycles. The third-order valence-corrected chi connectivity index (χ3v) is 6.55. The number of nitro benzene ring substituents is 1. The molecular formula is C21H25ClF3N3O4. The van der Waals surface area contributed by atoms with Crippen LogP contribution in [0.4, 0.5) is 18.9 Å². The molecule has 1 aromatic carbocycles. The number of alkyl halides is 3. The Bertz CT molecular complexity index is 880. The molecule has 2 aliphatic rings. The minimum atomic E-state index is -4.90. The molecule has 11 heteroatoms. The van der Waals surface area contributed by atoms with Gasteiger partial charge in [0, 0.05) is 44.4 Å². The van der Waals surface area contributed by atoms with Gasteiger partial charge >= 0.3 is 6.18 Å². The van der Waals surface area contributed by atoms with Gasteiger partial charge in [0.1, 0.15) is 5.02 Å². The largest absolute Gasteiger partial charge is 0.416 e. The van der Waals surface area contributed by atoms with E-state index in [-0.39, 0.29) is 6.07 Å². The minimum absolute atomic E-state index is 0.284. The average Bonchev–Trinajstić information content (AvgIpc) is 2.74. The molecule has 1 heterocycles. The molecule has 1 saturated heterocycles. The van der Waals surface area contributed by atoms with Crippen molar-refractivity contribution in [2.45, 2.75) is 44.7 Å². The van der Waals surface area contributed by atoms with Gasteiger partial charge in [-0.1, -0.05) is 30.9 Å². The second-order valence-electron chi connectivity index (χ2n) is 8.40. The number of piperazine rings is 1. The van der Waals surface area contributed by atoms with Crippen LogP contribution in [0.3, 0.4) is 0 Å². The van der Waals surface area contributed by atoms with Crippen LogP contribution in [0.1, 0.15) is 54.4 Å². The van der Waals surface area contributed by atoms with Gasteiger partial charge in [0.2, 0.25) is 5.91 Å². The van der Waals surface area contributed by atoms with Crippen LogP contribution >= 0.6 is 11.6 Å². The number of nitrogens with zero attached hydrogens (tertiary/aromatic N) is 3. The number of amides is 1. The maximum absolute atomic E-state index is 13.1. The van der Waals surface area contributed by atoms with Crippen LogP contribution in [0.15, 0.2) is 12.1 Å². The highest BCUT2D eigenvalue weighted by molar-refractivity contribution is 6.36. The number of hydrogen-bond acceptors (Lipinski definition) is 5. The zero-order valence-electron chi connectivity index (χ0n) is 17.5. The van der Waals surface area contributed by atoms with E-state index in [1.54, 1.807) is 0 Å². The van der Waals surface area contributed by atoms with Crippen molar-refractivity contribution in [2.24, 2.45) is 5.92 Å². The van der Waals surface area contributed by atoms with E-state index in [9.17, 15) is 32.9 Å². The van der Waals surface area contributed by atoms with E-state index in [1.165, 1.54) is 37.0 Å². The predicted molar refractivity (Wildman–Crippen MR) is 112 cm³/mol. The van der Waals surface area contributed by atoms with Crippen LogP contribution < -0.4 is 0 Å². The molecule has 1 amide bonds. The fourth-order valence-electron chi connectivity index (χ4n) is 4.37. The molecule has 2 fully saturated rings. The number of Topliss-reactive ketones (excluding diaryl/α,β-unsaturated/α-hetero) is 1. The maximum Gasteiger partial charge on any atom is 0.416 e. The lowest BCUT2D eigenvalue weighted by Crippen LogP contribution is -2.50. The van der Waals surface area contributed by atoms with Gasteiger partial charge in [0.05, 0.1) is 16.9 Å². The Morgan fingerprint density at radius 2 is 1.72 bits per heavy atom. The third-order valence-electron chi connectivity index (χ3n) is 6.16. The topological polar surface area (TPSA) is 83.8 Å². The fraction of sp³-hybridized carbons (Fsp3) is 0.619. The number of carbonyl (C=O) groups is 2. The van der Waals surface area contributed by atoms with E-state index >= 15 is 0 Å². The quantitative estimate of drug-likeness (QED) is 0.260. The fourth-order valence-corrected chi connectivity index (χ4v) is 4.65. The van der Waals surface area contributed by atoms with Gasteiger partial charge in [0.25, 0.3) is 5.69 Å². The Morgan fingerprint density at radius 1 is 1.09 bits per heavy atom. The summed E-state index contributed by atoms with van der Waals surface area (Å²) in [5, 5.41) is 10.4. The standard InChI is InChI=1S/C21H25ClF3N3O4/c22-20-16(10-15(21(23,24)25)11-17(20)28(31)32)18(29)12-19(30)27-8-6-26(7-9-27)13-14-4-2-1-3-5-14/h10-11,14H,1-9,12-13H2. The first-order valence-electron chi connectivity index (χ1n) is 10.6. The average molecular weight is 476 g/mol. The van der Waals surface area contributed by atoms with Crippen LogP contribution in [-0.2, 0) is 11.0 Å². The second-order valence-corrected chi connectivity index (χ2v) is 8.78. The highest BCUT2D eigenvalue weighted by Crippen LogP contribution is 2.37. The summed E-state index contributed by atoms with van der Waals surface area (Å²) < 4.78 is 39.3. The Hall–Kier alpha value is -2.20. The summed E-state index contributed by atoms with van der Waals surface area (Å²) in [6, 6.07) is 0.750. The smallest absolute Gasteiger partial charge is 0.340 e. The number of nitro groups is 1. The van der Waals surface area contributed by atoms with Crippen molar-refractivity contribution in [1.82, 2.24) is 9.80 Å². The first-order valence-corrected chi connectivity index (χ1v) is 11.0. The van der Waals surface area contributed by atoms with E-state index < -0.39 is 51.0 Å². The predicted octanol–water partition coefficient (Wildman–Crippen LogP) is 4.56. The van der Waals surface area contributed by atoms with Crippen molar-refractivity contribution in [2.75, 3.05) is 32.7 Å². The molecule has 1 aromatic rings. The molecule has 32 heavy (non-hydrogen) atoms. The van der Waals surface area contributed by atoms with Gasteiger partial charge in [-0.15, -0.1) is 0 Å². The second kappa shape index (κ2) is 10.2. The molecule has 1 saturated carbocycles.